The molecule has 0 aliphatic rings. The summed E-state index contributed by atoms with van der Waals surface area (Å²) in [6, 6.07) is 13.1. The van der Waals surface area contributed by atoms with E-state index < -0.39 is 4.92 Å². The van der Waals surface area contributed by atoms with Crippen LogP contribution in [0.3, 0.4) is 0 Å². The molecule has 2 aromatic heterocycles. The molecule has 9 heteroatoms. The predicted molar refractivity (Wildman–Crippen MR) is 99.5 cm³/mol. The number of nitro benzene ring substituents is 1. The van der Waals surface area contributed by atoms with E-state index >= 15 is 0 Å². The van der Waals surface area contributed by atoms with Crippen LogP contribution in [0, 0.1) is 10.1 Å². The van der Waals surface area contributed by atoms with Crippen LogP contribution in [0.5, 0.6) is 0 Å². The van der Waals surface area contributed by atoms with Gasteiger partial charge < -0.3 is 0 Å². The topological polar surface area (TPSA) is 90.4 Å². The number of halogens is 1. The van der Waals surface area contributed by atoms with Crippen molar-refractivity contribution in [3.05, 3.63) is 84.1 Å². The molecule has 0 saturated carbocycles. The molecule has 4 rings (SSSR count). The van der Waals surface area contributed by atoms with Crippen LogP contribution in [0.4, 0.5) is 5.69 Å². The van der Waals surface area contributed by atoms with E-state index in [2.05, 4.69) is 10.1 Å². The number of aromatic nitrogens is 3. The SMILES string of the molecule is O=c1c(=Cc2ccc([N+](=O)[O-])cc2)sc2nc(-c3cccc(Cl)c3)nn12. The number of nitrogens with zero attached hydrogens (tertiary/aromatic N) is 4. The third-order valence-corrected chi connectivity index (χ3v) is 4.86. The lowest BCUT2D eigenvalue weighted by molar-refractivity contribution is -0.384. The second-order valence-electron chi connectivity index (χ2n) is 5.40. The molecule has 0 unspecified atom stereocenters. The van der Waals surface area contributed by atoms with E-state index in [4.69, 9.17) is 11.6 Å². The van der Waals surface area contributed by atoms with Crippen molar-refractivity contribution in [1.29, 1.82) is 0 Å². The number of hydrogen-bond acceptors (Lipinski definition) is 6. The lowest BCUT2D eigenvalue weighted by Gasteiger charge is -1.94. The van der Waals surface area contributed by atoms with Crippen molar-refractivity contribution < 1.29 is 4.92 Å². The summed E-state index contributed by atoms with van der Waals surface area (Å²) in [6.45, 7) is 0. The van der Waals surface area contributed by atoms with Crippen LogP contribution in [0.2, 0.25) is 5.02 Å². The van der Waals surface area contributed by atoms with Crippen LogP contribution in [0.15, 0.2) is 53.3 Å². The Bertz CT molecular complexity index is 1250. The molecule has 26 heavy (non-hydrogen) atoms. The maximum Gasteiger partial charge on any atom is 0.291 e. The summed E-state index contributed by atoms with van der Waals surface area (Å²) < 4.78 is 1.70. The number of non-ortho nitro benzene ring substituents is 1. The third kappa shape index (κ3) is 2.96. The van der Waals surface area contributed by atoms with E-state index in [1.165, 1.54) is 28.0 Å². The zero-order chi connectivity index (χ0) is 18.3. The molecule has 0 atom stereocenters. The van der Waals surface area contributed by atoms with Crippen molar-refractivity contribution >= 4 is 39.7 Å². The molecule has 0 spiro atoms. The van der Waals surface area contributed by atoms with Crippen molar-refractivity contribution in [1.82, 2.24) is 14.6 Å². The van der Waals surface area contributed by atoms with E-state index in [1.807, 2.05) is 6.07 Å². The fraction of sp³-hybridized carbons (Fsp3) is 0. The van der Waals surface area contributed by atoms with Gasteiger partial charge in [0.1, 0.15) is 0 Å². The number of benzene rings is 2. The van der Waals surface area contributed by atoms with Gasteiger partial charge in [0, 0.05) is 22.7 Å². The fourth-order valence-corrected chi connectivity index (χ4v) is 3.53. The monoisotopic (exact) mass is 384 g/mol. The Labute approximate surface area is 155 Å². The molecular weight excluding hydrogens is 376 g/mol. The first-order chi connectivity index (χ1) is 12.5. The van der Waals surface area contributed by atoms with Gasteiger partial charge in [0.25, 0.3) is 11.2 Å². The minimum Gasteiger partial charge on any atom is -0.266 e. The molecule has 0 saturated heterocycles. The minimum absolute atomic E-state index is 0.00157. The molecule has 0 radical (unpaired) electrons. The standard InChI is InChI=1S/C17H9ClN4O3S/c18-12-3-1-2-11(9-12)15-19-17-21(20-15)16(23)14(26-17)8-10-4-6-13(7-5-10)22(24)25/h1-9H. The Balaban J connectivity index is 1.76. The summed E-state index contributed by atoms with van der Waals surface area (Å²) in [6.07, 6.45) is 1.66. The highest BCUT2D eigenvalue weighted by Gasteiger charge is 2.12. The highest BCUT2D eigenvalue weighted by Crippen LogP contribution is 2.20. The number of rotatable bonds is 3. The van der Waals surface area contributed by atoms with Gasteiger partial charge in [0.05, 0.1) is 9.46 Å². The molecule has 2 heterocycles. The summed E-state index contributed by atoms with van der Waals surface area (Å²) in [4.78, 5) is 27.6. The molecular formula is C17H9ClN4O3S. The molecule has 128 valence electrons. The molecule has 0 bridgehead atoms. The maximum absolute atomic E-state index is 12.5. The second-order valence-corrected chi connectivity index (χ2v) is 6.85. The van der Waals surface area contributed by atoms with Crippen molar-refractivity contribution in [3.8, 4) is 11.4 Å². The summed E-state index contributed by atoms with van der Waals surface area (Å²) in [5, 5.41) is 15.5. The van der Waals surface area contributed by atoms with Crippen molar-refractivity contribution in [2.45, 2.75) is 0 Å². The normalized spacial score (nSPS) is 12.0. The zero-order valence-electron chi connectivity index (χ0n) is 13.0. The summed E-state index contributed by atoms with van der Waals surface area (Å²) in [5.41, 5.74) is 1.13. The fourth-order valence-electron chi connectivity index (χ4n) is 2.43. The van der Waals surface area contributed by atoms with E-state index in [-0.39, 0.29) is 11.2 Å². The Morgan fingerprint density at radius 1 is 1.19 bits per heavy atom. The Kier molecular flexibility index (Phi) is 3.98. The van der Waals surface area contributed by atoms with Gasteiger partial charge in [-0.1, -0.05) is 35.1 Å². The largest absolute Gasteiger partial charge is 0.291 e. The van der Waals surface area contributed by atoms with Crippen molar-refractivity contribution in [2.24, 2.45) is 0 Å². The van der Waals surface area contributed by atoms with Gasteiger partial charge in [-0.25, -0.2) is 0 Å². The molecule has 0 aliphatic carbocycles. The predicted octanol–water partition coefficient (Wildman–Crippen LogP) is 2.93. The second kappa shape index (κ2) is 6.32. The molecule has 7 nitrogen and oxygen atoms in total. The highest BCUT2D eigenvalue weighted by molar-refractivity contribution is 7.15. The average Bonchev–Trinajstić information content (AvgIpc) is 3.16. The molecule has 0 fully saturated rings. The van der Waals surface area contributed by atoms with Gasteiger partial charge in [-0.05, 0) is 35.9 Å². The smallest absolute Gasteiger partial charge is 0.266 e. The van der Waals surface area contributed by atoms with E-state index in [0.29, 0.717) is 25.9 Å². The minimum atomic E-state index is -0.469. The lowest BCUT2D eigenvalue weighted by Crippen LogP contribution is -2.23. The lowest BCUT2D eigenvalue weighted by atomic mass is 10.2. The Morgan fingerprint density at radius 3 is 2.62 bits per heavy atom. The van der Waals surface area contributed by atoms with Gasteiger partial charge in [-0.15, -0.1) is 5.10 Å². The van der Waals surface area contributed by atoms with Crippen molar-refractivity contribution in [3.63, 3.8) is 0 Å². The van der Waals surface area contributed by atoms with Gasteiger partial charge in [-0.3, -0.25) is 14.9 Å². The third-order valence-electron chi connectivity index (χ3n) is 3.67. The zero-order valence-corrected chi connectivity index (χ0v) is 14.6. The Morgan fingerprint density at radius 2 is 1.96 bits per heavy atom. The van der Waals surface area contributed by atoms with Gasteiger partial charge in [0.15, 0.2) is 5.82 Å². The summed E-state index contributed by atoms with van der Waals surface area (Å²) >= 11 is 7.18. The van der Waals surface area contributed by atoms with Gasteiger partial charge in [-0.2, -0.15) is 9.50 Å². The highest BCUT2D eigenvalue weighted by atomic mass is 35.5. The van der Waals surface area contributed by atoms with Gasteiger partial charge in [0.2, 0.25) is 4.96 Å². The Hall–Kier alpha value is -3.10. The van der Waals surface area contributed by atoms with Crippen LogP contribution in [-0.2, 0) is 0 Å². The molecule has 0 N–H and O–H groups in total. The van der Waals surface area contributed by atoms with Crippen LogP contribution < -0.4 is 10.1 Å². The quantitative estimate of drug-likeness (QED) is 0.400. The van der Waals surface area contributed by atoms with E-state index in [0.717, 1.165) is 5.56 Å². The number of fused-ring (bicyclic) bond motifs is 1. The number of hydrogen-bond donors (Lipinski definition) is 0. The maximum atomic E-state index is 12.5. The van der Waals surface area contributed by atoms with Crippen molar-refractivity contribution in [2.75, 3.05) is 0 Å². The van der Waals surface area contributed by atoms with Crippen LogP contribution in [0.25, 0.3) is 22.4 Å². The average molecular weight is 385 g/mol. The first-order valence-corrected chi connectivity index (χ1v) is 8.62. The number of nitro groups is 1. The molecule has 4 aromatic rings. The molecule has 0 amide bonds. The van der Waals surface area contributed by atoms with E-state index in [1.54, 1.807) is 36.4 Å². The van der Waals surface area contributed by atoms with E-state index in [9.17, 15) is 14.9 Å². The van der Waals surface area contributed by atoms with Gasteiger partial charge >= 0.3 is 0 Å². The first kappa shape index (κ1) is 16.4. The molecule has 2 aromatic carbocycles. The molecule has 0 aliphatic heterocycles. The first-order valence-electron chi connectivity index (χ1n) is 7.43. The van der Waals surface area contributed by atoms with Crippen LogP contribution in [-0.4, -0.2) is 19.5 Å². The summed E-state index contributed by atoms with van der Waals surface area (Å²) in [7, 11) is 0. The van der Waals surface area contributed by atoms with Crippen LogP contribution >= 0.6 is 22.9 Å². The number of thiazole rings is 1. The van der Waals surface area contributed by atoms with Crippen LogP contribution in [0.1, 0.15) is 5.56 Å². The summed E-state index contributed by atoms with van der Waals surface area (Å²) in [5.74, 6) is 0.428.